The highest BCUT2D eigenvalue weighted by Crippen LogP contribution is 2.36. The number of aliphatic hydroxyl groups excluding tert-OH is 1. The number of aromatic nitrogens is 1. The van der Waals surface area contributed by atoms with E-state index in [0.29, 0.717) is 6.42 Å². The molecule has 0 bridgehead atoms. The van der Waals surface area contributed by atoms with Crippen LogP contribution in [0.1, 0.15) is 29.6 Å². The average Bonchev–Trinajstić information content (AvgIpc) is 3.17. The highest BCUT2D eigenvalue weighted by molar-refractivity contribution is 5.94. The Hall–Kier alpha value is -2.94. The summed E-state index contributed by atoms with van der Waals surface area (Å²) < 4.78 is 23.4. The van der Waals surface area contributed by atoms with Crippen LogP contribution in [0.25, 0.3) is 10.9 Å². The standard InChI is InChI=1S/C23H27NO7/c1-3-9-30-23(27)21-13-17(14-22(31-21)29-12-11-28-10-8-25)19-15-24(16(2)26)20-7-5-4-6-18(19)20/h3-7,13,15,17,22,25H,1,8-12,14H2,2H3/t17-,22+/m0/s1. The number of esters is 1. The molecule has 2 atom stereocenters. The number of fused-ring (bicyclic) bond motifs is 1. The zero-order valence-electron chi connectivity index (χ0n) is 17.5. The Morgan fingerprint density at radius 1 is 1.29 bits per heavy atom. The first kappa shape index (κ1) is 22.7. The van der Waals surface area contributed by atoms with Gasteiger partial charge >= 0.3 is 5.97 Å². The van der Waals surface area contributed by atoms with E-state index in [1.807, 2.05) is 24.3 Å². The third-order valence-electron chi connectivity index (χ3n) is 4.84. The quantitative estimate of drug-likeness (QED) is 0.352. The average molecular weight is 429 g/mol. The molecule has 2 aromatic rings. The summed E-state index contributed by atoms with van der Waals surface area (Å²) in [7, 11) is 0. The van der Waals surface area contributed by atoms with E-state index in [0.717, 1.165) is 16.5 Å². The molecule has 1 aliphatic rings. The molecule has 2 heterocycles. The fraction of sp³-hybridized carbons (Fsp3) is 0.391. The van der Waals surface area contributed by atoms with Crippen LogP contribution in [0.2, 0.25) is 0 Å². The van der Waals surface area contributed by atoms with Crippen molar-refractivity contribution in [1.82, 2.24) is 4.57 Å². The Kier molecular flexibility index (Phi) is 8.00. The Labute approximate surface area is 180 Å². The van der Waals surface area contributed by atoms with Crippen molar-refractivity contribution in [2.45, 2.75) is 25.6 Å². The molecule has 0 spiro atoms. The molecule has 0 amide bonds. The molecule has 1 aromatic heterocycles. The van der Waals surface area contributed by atoms with Gasteiger partial charge in [0.2, 0.25) is 18.0 Å². The zero-order valence-corrected chi connectivity index (χ0v) is 17.5. The minimum Gasteiger partial charge on any atom is -0.458 e. The number of allylic oxidation sites excluding steroid dienone is 1. The van der Waals surface area contributed by atoms with Gasteiger partial charge in [0, 0.05) is 30.8 Å². The maximum atomic E-state index is 12.4. The van der Waals surface area contributed by atoms with Gasteiger partial charge in [-0.25, -0.2) is 4.79 Å². The lowest BCUT2D eigenvalue weighted by molar-refractivity contribution is -0.163. The van der Waals surface area contributed by atoms with Gasteiger partial charge in [-0.3, -0.25) is 9.36 Å². The van der Waals surface area contributed by atoms with Crippen LogP contribution in [0.15, 0.2) is 55.0 Å². The van der Waals surface area contributed by atoms with Crippen LogP contribution in [-0.4, -0.2) is 60.9 Å². The fourth-order valence-electron chi connectivity index (χ4n) is 3.49. The summed E-state index contributed by atoms with van der Waals surface area (Å²) in [5.41, 5.74) is 1.70. The second-order valence-corrected chi connectivity index (χ2v) is 7.01. The molecule has 0 saturated heterocycles. The van der Waals surface area contributed by atoms with E-state index in [4.69, 9.17) is 24.1 Å². The SMILES string of the molecule is C=CCOC(=O)C1=C[C@H](c2cn(C(C)=O)c3ccccc23)C[C@H](OCCOCCO)O1. The van der Waals surface area contributed by atoms with Gasteiger partial charge in [-0.1, -0.05) is 30.9 Å². The van der Waals surface area contributed by atoms with Crippen LogP contribution < -0.4 is 0 Å². The Bertz CT molecular complexity index is 962. The van der Waals surface area contributed by atoms with Crippen molar-refractivity contribution in [3.63, 3.8) is 0 Å². The Balaban J connectivity index is 1.88. The van der Waals surface area contributed by atoms with E-state index >= 15 is 0 Å². The van der Waals surface area contributed by atoms with Gasteiger partial charge in [0.25, 0.3) is 0 Å². The molecule has 1 N–H and O–H groups in total. The van der Waals surface area contributed by atoms with Crippen LogP contribution in [0.5, 0.6) is 0 Å². The predicted octanol–water partition coefficient (Wildman–Crippen LogP) is 2.77. The first-order chi connectivity index (χ1) is 15.0. The summed E-state index contributed by atoms with van der Waals surface area (Å²) in [5.74, 6) is -0.879. The second-order valence-electron chi connectivity index (χ2n) is 7.01. The van der Waals surface area contributed by atoms with E-state index in [2.05, 4.69) is 6.58 Å². The molecule has 166 valence electrons. The molecule has 0 unspecified atom stereocenters. The monoisotopic (exact) mass is 429 g/mol. The first-order valence-electron chi connectivity index (χ1n) is 10.1. The second kappa shape index (κ2) is 10.9. The summed E-state index contributed by atoms with van der Waals surface area (Å²) in [6.07, 6.45) is 4.74. The lowest BCUT2D eigenvalue weighted by Gasteiger charge is -2.28. The van der Waals surface area contributed by atoms with Crippen molar-refractivity contribution >= 4 is 22.8 Å². The van der Waals surface area contributed by atoms with Gasteiger partial charge in [0.15, 0.2) is 0 Å². The largest absolute Gasteiger partial charge is 0.458 e. The molecular formula is C23H27NO7. The van der Waals surface area contributed by atoms with Gasteiger partial charge in [0.05, 0.1) is 31.9 Å². The van der Waals surface area contributed by atoms with Crippen LogP contribution in [-0.2, 0) is 23.7 Å². The highest BCUT2D eigenvalue weighted by atomic mass is 16.7. The van der Waals surface area contributed by atoms with E-state index in [9.17, 15) is 9.59 Å². The minimum atomic E-state index is -0.696. The molecule has 8 heteroatoms. The topological polar surface area (TPSA) is 96.2 Å². The van der Waals surface area contributed by atoms with Crippen LogP contribution in [0.3, 0.4) is 0 Å². The maximum Gasteiger partial charge on any atom is 0.373 e. The van der Waals surface area contributed by atoms with E-state index in [1.165, 1.54) is 13.0 Å². The van der Waals surface area contributed by atoms with Gasteiger partial charge in [-0.2, -0.15) is 0 Å². The molecule has 1 aliphatic heterocycles. The van der Waals surface area contributed by atoms with Crippen molar-refractivity contribution in [3.05, 3.63) is 60.5 Å². The number of benzene rings is 1. The van der Waals surface area contributed by atoms with Crippen molar-refractivity contribution < 1.29 is 33.6 Å². The summed E-state index contributed by atoms with van der Waals surface area (Å²) in [5, 5.41) is 9.71. The first-order valence-corrected chi connectivity index (χ1v) is 10.1. The van der Waals surface area contributed by atoms with Crippen molar-refractivity contribution in [1.29, 1.82) is 0 Å². The minimum absolute atomic E-state index is 0.0547. The molecule has 1 aromatic carbocycles. The maximum absolute atomic E-state index is 12.4. The number of hydrogen-bond donors (Lipinski definition) is 1. The van der Waals surface area contributed by atoms with Crippen molar-refractivity contribution in [3.8, 4) is 0 Å². The smallest absolute Gasteiger partial charge is 0.373 e. The molecule has 31 heavy (non-hydrogen) atoms. The van der Waals surface area contributed by atoms with Gasteiger partial charge < -0.3 is 24.1 Å². The number of carbonyl (C=O) groups is 2. The summed E-state index contributed by atoms with van der Waals surface area (Å²) >= 11 is 0. The lowest BCUT2D eigenvalue weighted by Crippen LogP contribution is -2.29. The molecule has 0 radical (unpaired) electrons. The number of ether oxygens (including phenoxy) is 4. The predicted molar refractivity (Wildman–Crippen MR) is 114 cm³/mol. The normalized spacial score (nSPS) is 18.3. The molecule has 0 aliphatic carbocycles. The lowest BCUT2D eigenvalue weighted by atomic mass is 9.92. The van der Waals surface area contributed by atoms with Crippen molar-refractivity contribution in [2.24, 2.45) is 0 Å². The number of para-hydroxylation sites is 1. The third-order valence-corrected chi connectivity index (χ3v) is 4.84. The van der Waals surface area contributed by atoms with Crippen LogP contribution >= 0.6 is 0 Å². The van der Waals surface area contributed by atoms with Crippen molar-refractivity contribution in [2.75, 3.05) is 33.0 Å². The van der Waals surface area contributed by atoms with Crippen LogP contribution in [0.4, 0.5) is 0 Å². The fourth-order valence-corrected chi connectivity index (χ4v) is 3.49. The molecule has 3 rings (SSSR count). The highest BCUT2D eigenvalue weighted by Gasteiger charge is 2.31. The molecular weight excluding hydrogens is 402 g/mol. The molecule has 0 fully saturated rings. The third kappa shape index (κ3) is 5.61. The Morgan fingerprint density at radius 3 is 2.84 bits per heavy atom. The molecule has 0 saturated carbocycles. The number of rotatable bonds is 10. The zero-order chi connectivity index (χ0) is 22.2. The van der Waals surface area contributed by atoms with Gasteiger partial charge in [-0.05, 0) is 17.7 Å². The summed E-state index contributed by atoms with van der Waals surface area (Å²) in [4.78, 5) is 24.6. The number of hydrogen-bond acceptors (Lipinski definition) is 7. The summed E-state index contributed by atoms with van der Waals surface area (Å²) in [6.45, 7) is 5.80. The van der Waals surface area contributed by atoms with Crippen LogP contribution in [0, 0.1) is 0 Å². The van der Waals surface area contributed by atoms with E-state index in [-0.39, 0.29) is 50.6 Å². The number of nitrogens with zero attached hydrogens (tertiary/aromatic N) is 1. The Morgan fingerprint density at radius 2 is 2.10 bits per heavy atom. The number of carbonyl (C=O) groups excluding carboxylic acids is 2. The van der Waals surface area contributed by atoms with E-state index < -0.39 is 12.3 Å². The van der Waals surface area contributed by atoms with Gasteiger partial charge in [-0.15, -0.1) is 0 Å². The molecule has 8 nitrogen and oxygen atoms in total. The van der Waals surface area contributed by atoms with E-state index in [1.54, 1.807) is 16.8 Å². The number of aliphatic hydroxyl groups is 1. The van der Waals surface area contributed by atoms with Gasteiger partial charge in [0.1, 0.15) is 6.61 Å². The summed E-state index contributed by atoms with van der Waals surface area (Å²) in [6, 6.07) is 7.61.